The van der Waals surface area contributed by atoms with Crippen LogP contribution in [0.2, 0.25) is 0 Å². The number of rotatable bonds is 6. The number of carboxylic acids is 1. The fraction of sp³-hybridized carbons (Fsp3) is 0.545. The molecule has 1 N–H and O–H groups in total. The van der Waals surface area contributed by atoms with Crippen molar-refractivity contribution in [3.05, 3.63) is 23.7 Å². The number of nitrogens with zero attached hydrogens (tertiary/aromatic N) is 1. The Morgan fingerprint density at radius 3 is 2.94 bits per heavy atom. The zero-order chi connectivity index (χ0) is 12.1. The number of ether oxygens (including phenoxy) is 1. The zero-order valence-corrected chi connectivity index (χ0v) is 9.77. The van der Waals surface area contributed by atoms with Crippen LogP contribution in [0.5, 0.6) is 0 Å². The minimum Gasteiger partial charge on any atom is -0.478 e. The van der Waals surface area contributed by atoms with Crippen molar-refractivity contribution in [3.63, 3.8) is 0 Å². The molecular weight excluding hydrogens is 210 g/mol. The van der Waals surface area contributed by atoms with Gasteiger partial charge in [-0.1, -0.05) is 0 Å². The molecule has 0 saturated heterocycles. The molecule has 16 heavy (non-hydrogen) atoms. The molecule has 1 heterocycles. The lowest BCUT2D eigenvalue weighted by Gasteiger charge is -2.22. The molecule has 1 atom stereocenters. The lowest BCUT2D eigenvalue weighted by Crippen LogP contribution is -2.32. The number of methoxy groups -OCH3 is 1. The molecule has 0 aliphatic heterocycles. The van der Waals surface area contributed by atoms with Crippen LogP contribution in [-0.2, 0) is 11.3 Å². The molecule has 0 amide bonds. The van der Waals surface area contributed by atoms with E-state index in [1.165, 1.54) is 12.3 Å². The largest absolute Gasteiger partial charge is 0.478 e. The fourth-order valence-corrected chi connectivity index (χ4v) is 1.40. The Balaban J connectivity index is 2.65. The van der Waals surface area contributed by atoms with Crippen LogP contribution in [0, 0.1) is 0 Å². The molecule has 1 unspecified atom stereocenters. The van der Waals surface area contributed by atoms with Gasteiger partial charge in [-0.05, 0) is 20.0 Å². The number of carbonyl (C=O) groups is 1. The van der Waals surface area contributed by atoms with E-state index in [0.29, 0.717) is 18.9 Å². The van der Waals surface area contributed by atoms with Gasteiger partial charge in [0.05, 0.1) is 19.4 Å². The Labute approximate surface area is 94.6 Å². The molecule has 1 rings (SSSR count). The summed E-state index contributed by atoms with van der Waals surface area (Å²) in [4.78, 5) is 12.8. The predicted octanol–water partition coefficient (Wildman–Crippen LogP) is 1.44. The van der Waals surface area contributed by atoms with E-state index in [9.17, 15) is 4.79 Å². The monoisotopic (exact) mass is 227 g/mol. The SMILES string of the molecule is COCC(C)N(C)Cc1occc1C(=O)O. The quantitative estimate of drug-likeness (QED) is 0.796. The molecular formula is C11H17NO4. The fourth-order valence-electron chi connectivity index (χ4n) is 1.40. The van der Waals surface area contributed by atoms with E-state index in [2.05, 4.69) is 0 Å². The highest BCUT2D eigenvalue weighted by Gasteiger charge is 2.17. The second kappa shape index (κ2) is 5.67. The van der Waals surface area contributed by atoms with E-state index in [1.54, 1.807) is 7.11 Å². The summed E-state index contributed by atoms with van der Waals surface area (Å²) < 4.78 is 10.2. The third-order valence-corrected chi connectivity index (χ3v) is 2.53. The minimum atomic E-state index is -0.962. The van der Waals surface area contributed by atoms with Crippen molar-refractivity contribution in [2.75, 3.05) is 20.8 Å². The average molecular weight is 227 g/mol. The van der Waals surface area contributed by atoms with Gasteiger partial charge in [0.25, 0.3) is 0 Å². The number of hydrogen-bond donors (Lipinski definition) is 1. The van der Waals surface area contributed by atoms with Crippen LogP contribution in [0.3, 0.4) is 0 Å². The summed E-state index contributed by atoms with van der Waals surface area (Å²) in [7, 11) is 3.54. The Bertz CT molecular complexity index is 348. The standard InChI is InChI=1S/C11H17NO4/c1-8(7-15-3)12(2)6-10-9(11(13)14)4-5-16-10/h4-5,8H,6-7H2,1-3H3,(H,13,14). The first-order valence-corrected chi connectivity index (χ1v) is 5.05. The number of likely N-dealkylation sites (N-methyl/N-ethyl adjacent to an activating group) is 1. The Kier molecular flexibility index (Phi) is 4.52. The second-order valence-electron chi connectivity index (χ2n) is 3.78. The van der Waals surface area contributed by atoms with Gasteiger partial charge in [0.2, 0.25) is 0 Å². The van der Waals surface area contributed by atoms with Gasteiger partial charge in [0.1, 0.15) is 11.3 Å². The highest BCUT2D eigenvalue weighted by atomic mass is 16.5. The minimum absolute atomic E-state index is 0.205. The van der Waals surface area contributed by atoms with Crippen molar-refractivity contribution >= 4 is 5.97 Å². The molecule has 0 bridgehead atoms. The van der Waals surface area contributed by atoms with Gasteiger partial charge >= 0.3 is 5.97 Å². The molecule has 0 aromatic carbocycles. The molecule has 1 aromatic rings. The van der Waals surface area contributed by atoms with Gasteiger partial charge in [0.15, 0.2) is 0 Å². The van der Waals surface area contributed by atoms with Crippen LogP contribution in [0.25, 0.3) is 0 Å². The maximum atomic E-state index is 10.9. The van der Waals surface area contributed by atoms with E-state index in [0.717, 1.165) is 0 Å². The molecule has 1 aromatic heterocycles. The normalized spacial score (nSPS) is 13.0. The smallest absolute Gasteiger partial charge is 0.339 e. The van der Waals surface area contributed by atoms with Gasteiger partial charge in [-0.2, -0.15) is 0 Å². The molecule has 0 spiro atoms. The summed E-state index contributed by atoms with van der Waals surface area (Å²) in [6.45, 7) is 3.06. The molecule has 5 nitrogen and oxygen atoms in total. The van der Waals surface area contributed by atoms with Crippen LogP contribution < -0.4 is 0 Å². The maximum absolute atomic E-state index is 10.9. The Morgan fingerprint density at radius 1 is 1.69 bits per heavy atom. The number of furan rings is 1. The van der Waals surface area contributed by atoms with Gasteiger partial charge in [-0.25, -0.2) is 4.79 Å². The van der Waals surface area contributed by atoms with Crippen molar-refractivity contribution in [2.24, 2.45) is 0 Å². The first kappa shape index (κ1) is 12.7. The van der Waals surface area contributed by atoms with Crippen molar-refractivity contribution in [1.29, 1.82) is 0 Å². The van der Waals surface area contributed by atoms with Gasteiger partial charge in [-0.3, -0.25) is 4.90 Å². The second-order valence-corrected chi connectivity index (χ2v) is 3.78. The number of carboxylic acid groups (broad SMARTS) is 1. The first-order valence-electron chi connectivity index (χ1n) is 5.05. The van der Waals surface area contributed by atoms with Crippen LogP contribution in [0.1, 0.15) is 23.0 Å². The highest BCUT2D eigenvalue weighted by molar-refractivity contribution is 5.88. The third kappa shape index (κ3) is 3.08. The summed E-state index contributed by atoms with van der Waals surface area (Å²) >= 11 is 0. The maximum Gasteiger partial charge on any atom is 0.339 e. The van der Waals surface area contributed by atoms with Crippen molar-refractivity contribution in [2.45, 2.75) is 19.5 Å². The topological polar surface area (TPSA) is 62.9 Å². The first-order chi connectivity index (χ1) is 7.56. The van der Waals surface area contributed by atoms with Crippen LogP contribution in [0.15, 0.2) is 16.7 Å². The van der Waals surface area contributed by atoms with Crippen molar-refractivity contribution in [1.82, 2.24) is 4.90 Å². The van der Waals surface area contributed by atoms with E-state index >= 15 is 0 Å². The molecule has 0 aliphatic rings. The summed E-state index contributed by atoms with van der Waals surface area (Å²) in [5.41, 5.74) is 0.219. The number of hydrogen-bond acceptors (Lipinski definition) is 4. The number of aromatic carboxylic acids is 1. The predicted molar refractivity (Wildman–Crippen MR) is 58.5 cm³/mol. The molecule has 0 saturated carbocycles. The van der Waals surface area contributed by atoms with E-state index in [4.69, 9.17) is 14.3 Å². The zero-order valence-electron chi connectivity index (χ0n) is 9.77. The third-order valence-electron chi connectivity index (χ3n) is 2.53. The molecule has 0 fully saturated rings. The highest BCUT2D eigenvalue weighted by Crippen LogP contribution is 2.14. The lowest BCUT2D eigenvalue weighted by atomic mass is 10.2. The Hall–Kier alpha value is -1.33. The average Bonchev–Trinajstić information content (AvgIpc) is 2.66. The molecule has 0 aliphatic carbocycles. The van der Waals surface area contributed by atoms with E-state index < -0.39 is 5.97 Å². The molecule has 5 heteroatoms. The van der Waals surface area contributed by atoms with Crippen LogP contribution in [0.4, 0.5) is 0 Å². The van der Waals surface area contributed by atoms with Crippen molar-refractivity contribution in [3.8, 4) is 0 Å². The summed E-state index contributed by atoms with van der Waals surface area (Å²) in [5, 5.41) is 8.91. The summed E-state index contributed by atoms with van der Waals surface area (Å²) in [5.74, 6) is -0.491. The van der Waals surface area contributed by atoms with Crippen LogP contribution in [-0.4, -0.2) is 42.8 Å². The van der Waals surface area contributed by atoms with Gasteiger partial charge in [0, 0.05) is 13.2 Å². The molecule has 0 radical (unpaired) electrons. The van der Waals surface area contributed by atoms with E-state index in [1.807, 2.05) is 18.9 Å². The summed E-state index contributed by atoms with van der Waals surface area (Å²) in [6.07, 6.45) is 1.40. The Morgan fingerprint density at radius 2 is 2.38 bits per heavy atom. The van der Waals surface area contributed by atoms with Crippen molar-refractivity contribution < 1.29 is 19.1 Å². The van der Waals surface area contributed by atoms with Crippen LogP contribution >= 0.6 is 0 Å². The van der Waals surface area contributed by atoms with E-state index in [-0.39, 0.29) is 11.6 Å². The summed E-state index contributed by atoms with van der Waals surface area (Å²) in [6, 6.07) is 1.67. The lowest BCUT2D eigenvalue weighted by molar-refractivity contribution is 0.0689. The molecule has 90 valence electrons. The van der Waals surface area contributed by atoms with Gasteiger partial charge < -0.3 is 14.3 Å². The van der Waals surface area contributed by atoms with Gasteiger partial charge in [-0.15, -0.1) is 0 Å².